The van der Waals surface area contributed by atoms with Gasteiger partial charge in [-0.25, -0.2) is 0 Å². The first kappa shape index (κ1) is 15.7. The predicted octanol–water partition coefficient (Wildman–Crippen LogP) is 3.15. The molecule has 128 valence electrons. The number of nitrogens with zero attached hydrogens (tertiary/aromatic N) is 1. The van der Waals surface area contributed by atoms with Crippen molar-refractivity contribution >= 4 is 16.8 Å². The lowest BCUT2D eigenvalue weighted by molar-refractivity contribution is 0.0931. The Hall–Kier alpha value is -2.79. The number of para-hydroxylation sites is 2. The zero-order valence-corrected chi connectivity index (χ0v) is 14.1. The van der Waals surface area contributed by atoms with Gasteiger partial charge in [-0.05, 0) is 12.1 Å². The van der Waals surface area contributed by atoms with Crippen molar-refractivity contribution in [2.24, 2.45) is 0 Å². The van der Waals surface area contributed by atoms with Gasteiger partial charge in [-0.2, -0.15) is 0 Å². The fraction of sp³-hybridized carbons (Fsp3) is 0.250. The molecule has 1 N–H and O–H groups in total. The van der Waals surface area contributed by atoms with Gasteiger partial charge in [0.05, 0.1) is 18.2 Å². The Bertz CT molecular complexity index is 916. The first-order valence-corrected chi connectivity index (χ1v) is 8.37. The average molecular weight is 336 g/mol. The van der Waals surface area contributed by atoms with Gasteiger partial charge < -0.3 is 19.4 Å². The number of benzene rings is 2. The molecule has 5 heteroatoms. The van der Waals surface area contributed by atoms with Gasteiger partial charge in [0.2, 0.25) is 0 Å². The first-order valence-electron chi connectivity index (χ1n) is 8.37. The summed E-state index contributed by atoms with van der Waals surface area (Å²) >= 11 is 0. The zero-order chi connectivity index (χ0) is 17.2. The van der Waals surface area contributed by atoms with Crippen molar-refractivity contribution in [3.05, 3.63) is 65.9 Å². The lowest BCUT2D eigenvalue weighted by Crippen LogP contribution is -2.29. The second-order valence-electron chi connectivity index (χ2n) is 6.12. The highest BCUT2D eigenvalue weighted by Crippen LogP contribution is 2.32. The van der Waals surface area contributed by atoms with Gasteiger partial charge in [0.15, 0.2) is 0 Å². The summed E-state index contributed by atoms with van der Waals surface area (Å²) in [6.07, 6.45) is 1.90. The lowest BCUT2D eigenvalue weighted by atomic mass is 10.1. The smallest absolute Gasteiger partial charge is 0.254 e. The van der Waals surface area contributed by atoms with Crippen LogP contribution in [0, 0.1) is 0 Å². The third kappa shape index (κ3) is 2.87. The summed E-state index contributed by atoms with van der Waals surface area (Å²) in [5.41, 5.74) is 2.74. The summed E-state index contributed by atoms with van der Waals surface area (Å²) < 4.78 is 12.9. The minimum Gasteiger partial charge on any atom is -0.491 e. The van der Waals surface area contributed by atoms with E-state index in [9.17, 15) is 4.79 Å². The van der Waals surface area contributed by atoms with Crippen molar-refractivity contribution in [2.45, 2.75) is 12.6 Å². The molecule has 0 unspecified atom stereocenters. The highest BCUT2D eigenvalue weighted by Gasteiger charge is 2.26. The van der Waals surface area contributed by atoms with Crippen LogP contribution in [0.3, 0.4) is 0 Å². The number of hydrogen-bond donors (Lipinski definition) is 1. The molecule has 0 radical (unpaired) electrons. The molecule has 0 fully saturated rings. The van der Waals surface area contributed by atoms with Crippen LogP contribution in [0.2, 0.25) is 0 Å². The molecule has 1 aliphatic heterocycles. The topological polar surface area (TPSA) is 52.5 Å². The minimum atomic E-state index is -0.121. The van der Waals surface area contributed by atoms with Crippen molar-refractivity contribution in [1.82, 2.24) is 9.88 Å². The summed E-state index contributed by atoms with van der Waals surface area (Å²) in [6.45, 7) is 1.77. The second-order valence-corrected chi connectivity index (χ2v) is 6.12. The van der Waals surface area contributed by atoms with Gasteiger partial charge in [-0.3, -0.25) is 4.79 Å². The summed E-state index contributed by atoms with van der Waals surface area (Å²) in [6, 6.07) is 15.6. The normalized spacial score (nSPS) is 15.8. The van der Waals surface area contributed by atoms with Gasteiger partial charge in [0.25, 0.3) is 5.91 Å². The van der Waals surface area contributed by atoms with Crippen LogP contribution in [0.1, 0.15) is 22.0 Å². The molecule has 1 aromatic heterocycles. The number of methoxy groups -OCH3 is 1. The van der Waals surface area contributed by atoms with Gasteiger partial charge >= 0.3 is 0 Å². The molecule has 25 heavy (non-hydrogen) atoms. The van der Waals surface area contributed by atoms with E-state index in [0.29, 0.717) is 25.3 Å². The third-order valence-electron chi connectivity index (χ3n) is 4.57. The van der Waals surface area contributed by atoms with Crippen LogP contribution in [-0.4, -0.2) is 30.8 Å². The first-order chi connectivity index (χ1) is 12.3. The third-order valence-corrected chi connectivity index (χ3v) is 4.57. The van der Waals surface area contributed by atoms with E-state index in [1.807, 2.05) is 54.7 Å². The molecule has 1 amide bonds. The van der Waals surface area contributed by atoms with Gasteiger partial charge in [-0.15, -0.1) is 0 Å². The maximum atomic E-state index is 12.9. The van der Waals surface area contributed by atoms with Crippen LogP contribution < -0.4 is 10.1 Å². The molecule has 0 saturated carbocycles. The SMILES string of the molecule is COCCn1cc(C(=O)N[C@@H]2COc3ccccc32)c2ccccc21. The molecule has 2 aromatic carbocycles. The van der Waals surface area contributed by atoms with Crippen molar-refractivity contribution in [1.29, 1.82) is 0 Å². The Labute approximate surface area is 146 Å². The maximum Gasteiger partial charge on any atom is 0.254 e. The number of nitrogens with one attached hydrogen (secondary N) is 1. The molecule has 0 bridgehead atoms. The number of fused-ring (bicyclic) bond motifs is 2. The van der Waals surface area contributed by atoms with Gasteiger partial charge in [0.1, 0.15) is 12.4 Å². The average Bonchev–Trinajstić information content (AvgIpc) is 3.22. The summed E-state index contributed by atoms with van der Waals surface area (Å²) in [5.74, 6) is 0.757. The van der Waals surface area contributed by atoms with Crippen LogP contribution in [0.4, 0.5) is 0 Å². The van der Waals surface area contributed by atoms with Gasteiger partial charge in [0, 0.05) is 36.3 Å². The highest BCUT2D eigenvalue weighted by atomic mass is 16.5. The van der Waals surface area contributed by atoms with Crippen molar-refractivity contribution in [2.75, 3.05) is 20.3 Å². The fourth-order valence-corrected chi connectivity index (χ4v) is 3.32. The molecule has 5 nitrogen and oxygen atoms in total. The Morgan fingerprint density at radius 1 is 1.24 bits per heavy atom. The molecule has 4 rings (SSSR count). The van der Waals surface area contributed by atoms with Crippen molar-refractivity contribution < 1.29 is 14.3 Å². The van der Waals surface area contributed by atoms with E-state index in [1.54, 1.807) is 7.11 Å². The molecule has 0 aliphatic carbocycles. The fourth-order valence-electron chi connectivity index (χ4n) is 3.32. The van der Waals surface area contributed by atoms with E-state index in [-0.39, 0.29) is 11.9 Å². The van der Waals surface area contributed by atoms with Crippen LogP contribution >= 0.6 is 0 Å². The second kappa shape index (κ2) is 6.61. The monoisotopic (exact) mass is 336 g/mol. The van der Waals surface area contributed by atoms with Gasteiger partial charge in [-0.1, -0.05) is 36.4 Å². The highest BCUT2D eigenvalue weighted by molar-refractivity contribution is 6.07. The quantitative estimate of drug-likeness (QED) is 0.779. The molecule has 1 atom stereocenters. The number of amides is 1. The molecule has 0 saturated heterocycles. The van der Waals surface area contributed by atoms with E-state index < -0.39 is 0 Å². The molecule has 1 aliphatic rings. The molecular weight excluding hydrogens is 316 g/mol. The molecular formula is C20H20N2O3. The van der Waals surface area contributed by atoms with Crippen LogP contribution in [0.15, 0.2) is 54.7 Å². The Kier molecular flexibility index (Phi) is 4.15. The van der Waals surface area contributed by atoms with E-state index in [4.69, 9.17) is 9.47 Å². The Morgan fingerprint density at radius 3 is 2.92 bits per heavy atom. The Balaban J connectivity index is 1.62. The number of ether oxygens (including phenoxy) is 2. The summed E-state index contributed by atoms with van der Waals surface area (Å²) in [4.78, 5) is 12.9. The maximum absolute atomic E-state index is 12.9. The number of hydrogen-bond acceptors (Lipinski definition) is 3. The number of aromatic nitrogens is 1. The molecule has 3 aromatic rings. The number of carbonyl (C=O) groups is 1. The largest absolute Gasteiger partial charge is 0.491 e. The predicted molar refractivity (Wildman–Crippen MR) is 96.0 cm³/mol. The summed E-state index contributed by atoms with van der Waals surface area (Å²) in [5, 5.41) is 4.05. The van der Waals surface area contributed by atoms with E-state index in [2.05, 4.69) is 9.88 Å². The molecule has 0 spiro atoms. The summed E-state index contributed by atoms with van der Waals surface area (Å²) in [7, 11) is 1.68. The van der Waals surface area contributed by atoms with Crippen molar-refractivity contribution in [3.8, 4) is 5.75 Å². The van der Waals surface area contributed by atoms with E-state index in [0.717, 1.165) is 22.2 Å². The van der Waals surface area contributed by atoms with Crippen LogP contribution in [-0.2, 0) is 11.3 Å². The van der Waals surface area contributed by atoms with E-state index in [1.165, 1.54) is 0 Å². The molecule has 2 heterocycles. The zero-order valence-electron chi connectivity index (χ0n) is 14.1. The van der Waals surface area contributed by atoms with Crippen LogP contribution in [0.5, 0.6) is 5.75 Å². The lowest BCUT2D eigenvalue weighted by Gasteiger charge is -2.11. The number of carbonyl (C=O) groups excluding carboxylic acids is 1. The standard InChI is InChI=1S/C20H20N2O3/c1-24-11-10-22-12-16(14-6-2-4-8-18(14)22)20(23)21-17-13-25-19-9-5-3-7-15(17)19/h2-9,12,17H,10-11,13H2,1H3,(H,21,23)/t17-/m1/s1. The van der Waals surface area contributed by atoms with Crippen molar-refractivity contribution in [3.63, 3.8) is 0 Å². The number of rotatable bonds is 5. The minimum absolute atomic E-state index is 0.0855. The van der Waals surface area contributed by atoms with Crippen LogP contribution in [0.25, 0.3) is 10.9 Å². The van der Waals surface area contributed by atoms with E-state index >= 15 is 0 Å². The Morgan fingerprint density at radius 2 is 2.04 bits per heavy atom.